The van der Waals surface area contributed by atoms with Crippen molar-refractivity contribution in [3.63, 3.8) is 0 Å². The fourth-order valence-corrected chi connectivity index (χ4v) is 2.75. The Bertz CT molecular complexity index is 371. The first-order valence-electron chi connectivity index (χ1n) is 6.32. The second-order valence-electron chi connectivity index (χ2n) is 5.68. The van der Waals surface area contributed by atoms with Crippen molar-refractivity contribution in [1.82, 2.24) is 5.32 Å². The minimum atomic E-state index is -0.716. The Kier molecular flexibility index (Phi) is 5.35. The van der Waals surface area contributed by atoms with E-state index in [1.807, 2.05) is 13.8 Å². The third-order valence-electron chi connectivity index (χ3n) is 3.24. The fourth-order valence-electron chi connectivity index (χ4n) is 1.90. The zero-order chi connectivity index (χ0) is 13.8. The first-order chi connectivity index (χ1) is 8.34. The molecule has 0 spiro atoms. The van der Waals surface area contributed by atoms with Crippen molar-refractivity contribution in [3.8, 4) is 0 Å². The topological polar surface area (TPSA) is 49.3 Å². The number of carboxylic acids is 1. The van der Waals surface area contributed by atoms with E-state index >= 15 is 0 Å². The molecule has 0 amide bonds. The molecule has 1 atom stereocenters. The van der Waals surface area contributed by atoms with E-state index in [9.17, 15) is 4.79 Å². The highest BCUT2D eigenvalue weighted by Gasteiger charge is 2.24. The van der Waals surface area contributed by atoms with E-state index in [0.29, 0.717) is 6.54 Å². The van der Waals surface area contributed by atoms with Crippen molar-refractivity contribution in [2.45, 2.75) is 33.1 Å². The van der Waals surface area contributed by atoms with Crippen LogP contribution in [0.5, 0.6) is 0 Å². The molecular weight excluding hydrogens is 246 g/mol. The Morgan fingerprint density at radius 3 is 2.61 bits per heavy atom. The van der Waals surface area contributed by atoms with Gasteiger partial charge in [0.05, 0.1) is 5.92 Å². The Balaban J connectivity index is 2.48. The first kappa shape index (κ1) is 15.2. The van der Waals surface area contributed by atoms with E-state index in [0.717, 1.165) is 6.54 Å². The number of carbonyl (C=O) groups is 1. The molecule has 0 radical (unpaired) electrons. The molecule has 0 fully saturated rings. The van der Waals surface area contributed by atoms with Crippen molar-refractivity contribution in [1.29, 1.82) is 0 Å². The van der Waals surface area contributed by atoms with Crippen LogP contribution in [0.2, 0.25) is 0 Å². The standard InChI is InChI=1S/C14H23NO2S/c1-10(2)11(13(16)17)8-15-9-14(3,4)12-6-5-7-18-12/h5-7,10-11,15H,8-9H2,1-4H3,(H,16,17). The second kappa shape index (κ2) is 6.34. The van der Waals surface area contributed by atoms with E-state index < -0.39 is 5.97 Å². The Morgan fingerprint density at radius 2 is 2.17 bits per heavy atom. The average molecular weight is 269 g/mol. The minimum Gasteiger partial charge on any atom is -0.481 e. The highest BCUT2D eigenvalue weighted by atomic mass is 32.1. The van der Waals surface area contributed by atoms with Crippen molar-refractivity contribution in [2.24, 2.45) is 11.8 Å². The number of hydrogen-bond acceptors (Lipinski definition) is 3. The molecule has 4 heteroatoms. The summed E-state index contributed by atoms with van der Waals surface area (Å²) in [5.41, 5.74) is 0.0498. The van der Waals surface area contributed by atoms with Gasteiger partial charge in [-0.3, -0.25) is 4.79 Å². The largest absolute Gasteiger partial charge is 0.481 e. The van der Waals surface area contributed by atoms with Gasteiger partial charge in [0.25, 0.3) is 0 Å². The Morgan fingerprint density at radius 1 is 1.50 bits per heavy atom. The van der Waals surface area contributed by atoms with E-state index in [1.165, 1.54) is 4.88 Å². The van der Waals surface area contributed by atoms with Gasteiger partial charge < -0.3 is 10.4 Å². The van der Waals surface area contributed by atoms with Gasteiger partial charge in [-0.2, -0.15) is 0 Å². The maximum Gasteiger partial charge on any atom is 0.308 e. The number of thiophene rings is 1. The van der Waals surface area contributed by atoms with Crippen LogP contribution in [0.1, 0.15) is 32.6 Å². The van der Waals surface area contributed by atoms with Gasteiger partial charge in [0, 0.05) is 23.4 Å². The monoisotopic (exact) mass is 269 g/mol. The number of hydrogen-bond donors (Lipinski definition) is 2. The third-order valence-corrected chi connectivity index (χ3v) is 4.48. The lowest BCUT2D eigenvalue weighted by Crippen LogP contribution is -2.38. The van der Waals surface area contributed by atoms with E-state index in [-0.39, 0.29) is 17.3 Å². The molecule has 1 rings (SSSR count). The molecule has 0 bridgehead atoms. The van der Waals surface area contributed by atoms with Crippen molar-refractivity contribution >= 4 is 17.3 Å². The number of aliphatic carboxylic acids is 1. The van der Waals surface area contributed by atoms with E-state index in [4.69, 9.17) is 5.11 Å². The van der Waals surface area contributed by atoms with Crippen LogP contribution in [0.4, 0.5) is 0 Å². The summed E-state index contributed by atoms with van der Waals surface area (Å²) in [5, 5.41) is 14.5. The predicted molar refractivity (Wildman–Crippen MR) is 76.2 cm³/mol. The number of rotatable bonds is 7. The van der Waals surface area contributed by atoms with Crippen LogP contribution in [0, 0.1) is 11.8 Å². The highest BCUT2D eigenvalue weighted by Crippen LogP contribution is 2.26. The molecule has 0 aromatic carbocycles. The highest BCUT2D eigenvalue weighted by molar-refractivity contribution is 7.10. The van der Waals surface area contributed by atoms with Crippen LogP contribution in [-0.4, -0.2) is 24.2 Å². The van der Waals surface area contributed by atoms with Crippen molar-refractivity contribution in [2.75, 3.05) is 13.1 Å². The lowest BCUT2D eigenvalue weighted by Gasteiger charge is -2.25. The summed E-state index contributed by atoms with van der Waals surface area (Å²) < 4.78 is 0. The summed E-state index contributed by atoms with van der Waals surface area (Å²) in [6.07, 6.45) is 0. The molecule has 1 unspecified atom stereocenters. The molecule has 0 aliphatic rings. The van der Waals surface area contributed by atoms with Crippen molar-refractivity contribution in [3.05, 3.63) is 22.4 Å². The summed E-state index contributed by atoms with van der Waals surface area (Å²) in [6.45, 7) is 9.58. The molecule has 18 heavy (non-hydrogen) atoms. The third kappa shape index (κ3) is 4.10. The summed E-state index contributed by atoms with van der Waals surface area (Å²) in [5.74, 6) is -0.879. The number of nitrogens with one attached hydrogen (secondary N) is 1. The quantitative estimate of drug-likeness (QED) is 0.800. The lowest BCUT2D eigenvalue weighted by atomic mass is 9.90. The smallest absolute Gasteiger partial charge is 0.308 e. The summed E-state index contributed by atoms with van der Waals surface area (Å²) in [7, 11) is 0. The van der Waals surface area contributed by atoms with Crippen LogP contribution in [0.25, 0.3) is 0 Å². The van der Waals surface area contributed by atoms with E-state index in [2.05, 4.69) is 36.7 Å². The van der Waals surface area contributed by atoms with Gasteiger partial charge in [0.1, 0.15) is 0 Å². The minimum absolute atomic E-state index is 0.0498. The van der Waals surface area contributed by atoms with Gasteiger partial charge in [-0.05, 0) is 17.4 Å². The summed E-state index contributed by atoms with van der Waals surface area (Å²) in [6, 6.07) is 4.18. The molecule has 1 aromatic rings. The zero-order valence-corrected chi connectivity index (χ0v) is 12.4. The molecule has 102 valence electrons. The van der Waals surface area contributed by atoms with Gasteiger partial charge in [-0.15, -0.1) is 11.3 Å². The molecule has 0 aliphatic carbocycles. The Hall–Kier alpha value is -0.870. The fraction of sp³-hybridized carbons (Fsp3) is 0.643. The second-order valence-corrected chi connectivity index (χ2v) is 6.63. The Labute approximate surface area is 113 Å². The van der Waals surface area contributed by atoms with Crippen LogP contribution in [0.3, 0.4) is 0 Å². The van der Waals surface area contributed by atoms with Crippen LogP contribution in [0.15, 0.2) is 17.5 Å². The van der Waals surface area contributed by atoms with Gasteiger partial charge in [0.2, 0.25) is 0 Å². The summed E-state index contributed by atoms with van der Waals surface area (Å²) in [4.78, 5) is 12.4. The molecule has 0 saturated heterocycles. The van der Waals surface area contributed by atoms with Gasteiger partial charge in [-0.25, -0.2) is 0 Å². The van der Waals surface area contributed by atoms with Gasteiger partial charge >= 0.3 is 5.97 Å². The number of carboxylic acid groups (broad SMARTS) is 1. The van der Waals surface area contributed by atoms with Crippen LogP contribution < -0.4 is 5.32 Å². The molecule has 3 nitrogen and oxygen atoms in total. The van der Waals surface area contributed by atoms with Crippen LogP contribution in [-0.2, 0) is 10.2 Å². The molecular formula is C14H23NO2S. The normalized spacial score (nSPS) is 13.8. The van der Waals surface area contributed by atoms with Crippen LogP contribution >= 0.6 is 11.3 Å². The molecule has 1 heterocycles. The zero-order valence-electron chi connectivity index (χ0n) is 11.6. The summed E-state index contributed by atoms with van der Waals surface area (Å²) >= 11 is 1.74. The molecule has 1 aromatic heterocycles. The molecule has 0 saturated carbocycles. The predicted octanol–water partition coefficient (Wildman–Crippen LogP) is 2.97. The van der Waals surface area contributed by atoms with Crippen molar-refractivity contribution < 1.29 is 9.90 Å². The molecule has 0 aliphatic heterocycles. The maximum absolute atomic E-state index is 11.1. The average Bonchev–Trinajstić information content (AvgIpc) is 2.76. The SMILES string of the molecule is CC(C)C(CNCC(C)(C)c1cccs1)C(=O)O. The maximum atomic E-state index is 11.1. The molecule has 2 N–H and O–H groups in total. The van der Waals surface area contributed by atoms with Gasteiger partial charge in [-0.1, -0.05) is 33.8 Å². The van der Waals surface area contributed by atoms with Gasteiger partial charge in [0.15, 0.2) is 0 Å². The first-order valence-corrected chi connectivity index (χ1v) is 7.20. The lowest BCUT2D eigenvalue weighted by molar-refractivity contribution is -0.143. The van der Waals surface area contributed by atoms with E-state index in [1.54, 1.807) is 11.3 Å².